The van der Waals surface area contributed by atoms with Crippen LogP contribution in [0.5, 0.6) is 0 Å². The first kappa shape index (κ1) is 23.0. The largest absolute Gasteiger partial charge is 0.397 e. The number of hydrogen-bond donors (Lipinski definition) is 2. The first-order valence-corrected chi connectivity index (χ1v) is 13.7. The Bertz CT molecular complexity index is 723. The molecule has 0 radical (unpaired) electrons. The van der Waals surface area contributed by atoms with Crippen LogP contribution in [0.3, 0.4) is 0 Å². The minimum absolute atomic E-state index is 0.0741. The Morgan fingerprint density at radius 1 is 1.00 bits per heavy atom. The van der Waals surface area contributed by atoms with Crippen LogP contribution >= 0.6 is 0 Å². The maximum atomic E-state index is 10.8. The number of fused-ring (bicyclic) bond motifs is 5. The zero-order valence-electron chi connectivity index (χ0n) is 19.1. The van der Waals surface area contributed by atoms with Gasteiger partial charge in [0.15, 0.2) is 0 Å². The molecule has 174 valence electrons. The van der Waals surface area contributed by atoms with Crippen molar-refractivity contribution in [3.63, 3.8) is 0 Å². The van der Waals surface area contributed by atoms with Crippen molar-refractivity contribution >= 4 is 10.4 Å². The SMILES string of the molecule is C[C@H](CCCOS(=O)(=O)O)C1CCC2[C@@H]3CCC4C[C@@H](O)CC[C@]4(C)C3CC[C@@]21C. The van der Waals surface area contributed by atoms with E-state index in [0.29, 0.717) is 35.0 Å². The summed E-state index contributed by atoms with van der Waals surface area (Å²) in [5, 5.41) is 10.2. The molecule has 4 aliphatic rings. The molecule has 0 saturated heterocycles. The van der Waals surface area contributed by atoms with E-state index in [2.05, 4.69) is 25.0 Å². The zero-order chi connectivity index (χ0) is 21.7. The fraction of sp³-hybridized carbons (Fsp3) is 1.00. The van der Waals surface area contributed by atoms with E-state index in [4.69, 9.17) is 4.55 Å². The molecule has 4 unspecified atom stereocenters. The molecule has 4 aliphatic carbocycles. The summed E-state index contributed by atoms with van der Waals surface area (Å²) < 4.78 is 34.8. The molecular weight excluding hydrogens is 400 g/mol. The third-order valence-electron chi connectivity index (χ3n) is 10.4. The predicted octanol–water partition coefficient (Wildman–Crippen LogP) is 5.24. The molecule has 0 aliphatic heterocycles. The third-order valence-corrected chi connectivity index (χ3v) is 10.9. The highest BCUT2D eigenvalue weighted by atomic mass is 32.3. The lowest BCUT2D eigenvalue weighted by molar-refractivity contribution is -0.129. The van der Waals surface area contributed by atoms with Crippen LogP contribution in [0.25, 0.3) is 0 Å². The van der Waals surface area contributed by atoms with E-state index in [1.54, 1.807) is 0 Å². The second-order valence-electron chi connectivity index (χ2n) is 11.7. The summed E-state index contributed by atoms with van der Waals surface area (Å²) in [5.74, 6) is 4.47. The third kappa shape index (κ3) is 4.11. The number of hydrogen-bond acceptors (Lipinski definition) is 4. The summed E-state index contributed by atoms with van der Waals surface area (Å²) in [6.07, 6.45) is 12.7. The van der Waals surface area contributed by atoms with Crippen LogP contribution in [-0.4, -0.2) is 30.8 Å². The molecule has 4 fully saturated rings. The minimum Gasteiger partial charge on any atom is -0.393 e. The first-order chi connectivity index (χ1) is 14.0. The molecule has 5 nitrogen and oxygen atoms in total. The Labute approximate surface area is 183 Å². The highest BCUT2D eigenvalue weighted by Gasteiger charge is 2.60. The van der Waals surface area contributed by atoms with Gasteiger partial charge in [-0.1, -0.05) is 20.8 Å². The van der Waals surface area contributed by atoms with Gasteiger partial charge < -0.3 is 5.11 Å². The van der Waals surface area contributed by atoms with Crippen LogP contribution in [0, 0.1) is 46.3 Å². The average molecular weight is 443 g/mol. The lowest BCUT2D eigenvalue weighted by Gasteiger charge is -2.61. The van der Waals surface area contributed by atoms with Gasteiger partial charge >= 0.3 is 10.4 Å². The van der Waals surface area contributed by atoms with Crippen LogP contribution in [0.4, 0.5) is 0 Å². The first-order valence-electron chi connectivity index (χ1n) is 12.3. The van der Waals surface area contributed by atoms with Crippen molar-refractivity contribution in [2.45, 2.75) is 97.5 Å². The molecule has 4 saturated carbocycles. The number of aliphatic hydroxyl groups excluding tert-OH is 1. The Morgan fingerprint density at radius 3 is 2.43 bits per heavy atom. The predicted molar refractivity (Wildman–Crippen MR) is 117 cm³/mol. The van der Waals surface area contributed by atoms with Gasteiger partial charge in [-0.05, 0) is 117 Å². The van der Waals surface area contributed by atoms with E-state index < -0.39 is 10.4 Å². The quantitative estimate of drug-likeness (QED) is 0.434. The molecule has 0 aromatic heterocycles. The molecule has 2 N–H and O–H groups in total. The summed E-state index contributed by atoms with van der Waals surface area (Å²) in [6, 6.07) is 0. The van der Waals surface area contributed by atoms with Crippen molar-refractivity contribution in [2.24, 2.45) is 46.3 Å². The lowest BCUT2D eigenvalue weighted by atomic mass is 9.44. The summed E-state index contributed by atoms with van der Waals surface area (Å²) in [6.45, 7) is 7.51. The van der Waals surface area contributed by atoms with E-state index in [0.717, 1.165) is 37.0 Å². The van der Waals surface area contributed by atoms with E-state index >= 15 is 0 Å². The van der Waals surface area contributed by atoms with Crippen molar-refractivity contribution in [3.05, 3.63) is 0 Å². The van der Waals surface area contributed by atoms with Crippen LogP contribution in [0.1, 0.15) is 91.4 Å². The van der Waals surface area contributed by atoms with Gasteiger partial charge in [-0.2, -0.15) is 8.42 Å². The zero-order valence-corrected chi connectivity index (χ0v) is 19.9. The maximum Gasteiger partial charge on any atom is 0.397 e. The van der Waals surface area contributed by atoms with Crippen molar-refractivity contribution in [1.29, 1.82) is 0 Å². The maximum absolute atomic E-state index is 10.8. The van der Waals surface area contributed by atoms with Crippen LogP contribution in [0.2, 0.25) is 0 Å². The molecule has 0 bridgehead atoms. The van der Waals surface area contributed by atoms with Gasteiger partial charge in [-0.25, -0.2) is 4.18 Å². The van der Waals surface area contributed by atoms with Crippen molar-refractivity contribution in [3.8, 4) is 0 Å². The molecule has 0 spiro atoms. The van der Waals surface area contributed by atoms with E-state index in [1.165, 1.54) is 44.9 Å². The Hall–Kier alpha value is -0.170. The van der Waals surface area contributed by atoms with Crippen molar-refractivity contribution < 1.29 is 22.3 Å². The molecule has 0 aromatic rings. The number of rotatable bonds is 6. The molecule has 30 heavy (non-hydrogen) atoms. The standard InChI is InChI=1S/C24H42O5S/c1-16(5-4-14-29-30(26,27)28)20-8-9-21-19-7-6-17-15-18(25)10-12-23(17,2)22(19)11-13-24(20,21)3/h16-22,25H,4-15H2,1-3H3,(H,26,27,28)/t16-,17?,18+,19+,20?,21?,22?,23+,24-/m1/s1. The molecule has 0 aromatic carbocycles. The Kier molecular flexibility index (Phi) is 6.37. The second-order valence-corrected chi connectivity index (χ2v) is 12.8. The molecular formula is C24H42O5S. The summed E-state index contributed by atoms with van der Waals surface area (Å²) in [4.78, 5) is 0. The molecule has 4 rings (SSSR count). The van der Waals surface area contributed by atoms with Gasteiger partial charge in [0, 0.05) is 0 Å². The van der Waals surface area contributed by atoms with Crippen LogP contribution < -0.4 is 0 Å². The summed E-state index contributed by atoms with van der Waals surface area (Å²) in [5.41, 5.74) is 0.835. The summed E-state index contributed by atoms with van der Waals surface area (Å²) in [7, 11) is -4.32. The van der Waals surface area contributed by atoms with E-state index in [1.807, 2.05) is 0 Å². The van der Waals surface area contributed by atoms with Gasteiger partial charge in [0.25, 0.3) is 0 Å². The lowest BCUT2D eigenvalue weighted by Crippen LogP contribution is -2.54. The summed E-state index contributed by atoms with van der Waals surface area (Å²) >= 11 is 0. The fourth-order valence-corrected chi connectivity index (χ4v) is 9.31. The van der Waals surface area contributed by atoms with Gasteiger partial charge in [0.2, 0.25) is 0 Å². The Morgan fingerprint density at radius 2 is 1.70 bits per heavy atom. The van der Waals surface area contributed by atoms with Gasteiger partial charge in [0.05, 0.1) is 12.7 Å². The van der Waals surface area contributed by atoms with Gasteiger partial charge in [-0.15, -0.1) is 0 Å². The topological polar surface area (TPSA) is 83.8 Å². The second kappa shape index (κ2) is 8.31. The molecule has 6 heteroatoms. The van der Waals surface area contributed by atoms with Gasteiger partial charge in [0.1, 0.15) is 0 Å². The van der Waals surface area contributed by atoms with Gasteiger partial charge in [-0.3, -0.25) is 4.55 Å². The molecule has 0 amide bonds. The molecule has 9 atom stereocenters. The highest BCUT2D eigenvalue weighted by molar-refractivity contribution is 7.80. The average Bonchev–Trinajstić information content (AvgIpc) is 3.02. The van der Waals surface area contributed by atoms with Crippen molar-refractivity contribution in [2.75, 3.05) is 6.61 Å². The smallest absolute Gasteiger partial charge is 0.393 e. The van der Waals surface area contributed by atoms with Crippen LogP contribution in [-0.2, 0) is 14.6 Å². The minimum atomic E-state index is -4.32. The highest BCUT2D eigenvalue weighted by Crippen LogP contribution is 2.68. The Balaban J connectivity index is 1.41. The molecule has 0 heterocycles. The number of aliphatic hydroxyl groups is 1. The van der Waals surface area contributed by atoms with E-state index in [-0.39, 0.29) is 12.7 Å². The van der Waals surface area contributed by atoms with Crippen molar-refractivity contribution in [1.82, 2.24) is 0 Å². The van der Waals surface area contributed by atoms with E-state index in [9.17, 15) is 13.5 Å². The van der Waals surface area contributed by atoms with Crippen LogP contribution in [0.15, 0.2) is 0 Å². The fourth-order valence-electron chi connectivity index (χ4n) is 8.98. The normalized spacial score (nSPS) is 47.2. The monoisotopic (exact) mass is 442 g/mol.